The Labute approximate surface area is 203 Å². The minimum absolute atomic E-state index is 0.0967. The Hall–Kier alpha value is -3.33. The number of amides is 1. The van der Waals surface area contributed by atoms with Crippen LogP contribution in [-0.2, 0) is 4.79 Å². The van der Waals surface area contributed by atoms with Crippen LogP contribution in [0.15, 0.2) is 78.2 Å². The Morgan fingerprint density at radius 2 is 1.85 bits per heavy atom. The van der Waals surface area contributed by atoms with Gasteiger partial charge in [0.15, 0.2) is 16.8 Å². The SMILES string of the molecule is O=C(CSc1nnc(-c2c[nH]c3ccccc23)n1-c1ccccc1)Nc1ncc(Cl)cc1Cl. The fourth-order valence-electron chi connectivity index (χ4n) is 3.41. The van der Waals surface area contributed by atoms with E-state index < -0.39 is 0 Å². The van der Waals surface area contributed by atoms with Gasteiger partial charge in [0.2, 0.25) is 5.91 Å². The molecule has 0 aliphatic rings. The number of aromatic nitrogens is 5. The van der Waals surface area contributed by atoms with Crippen molar-refractivity contribution in [1.29, 1.82) is 0 Å². The molecule has 0 saturated heterocycles. The summed E-state index contributed by atoms with van der Waals surface area (Å²) in [4.78, 5) is 19.9. The Balaban J connectivity index is 1.45. The molecule has 1 amide bonds. The summed E-state index contributed by atoms with van der Waals surface area (Å²) in [7, 11) is 0. The fourth-order valence-corrected chi connectivity index (χ4v) is 4.59. The topological polar surface area (TPSA) is 88.5 Å². The zero-order valence-electron chi connectivity index (χ0n) is 17.0. The van der Waals surface area contributed by atoms with E-state index in [0.29, 0.717) is 16.0 Å². The predicted molar refractivity (Wildman–Crippen MR) is 132 cm³/mol. The number of halogens is 2. The number of hydrogen-bond acceptors (Lipinski definition) is 5. The van der Waals surface area contributed by atoms with Crippen molar-refractivity contribution in [3.05, 3.63) is 83.1 Å². The number of H-pyrrole nitrogens is 1. The second kappa shape index (κ2) is 9.27. The van der Waals surface area contributed by atoms with Gasteiger partial charge in [0.1, 0.15) is 0 Å². The van der Waals surface area contributed by atoms with Gasteiger partial charge in [-0.15, -0.1) is 10.2 Å². The number of nitrogens with zero attached hydrogens (tertiary/aromatic N) is 4. The van der Waals surface area contributed by atoms with Crippen LogP contribution in [0.1, 0.15) is 0 Å². The van der Waals surface area contributed by atoms with Crippen molar-refractivity contribution >= 4 is 57.6 Å². The highest BCUT2D eigenvalue weighted by Crippen LogP contribution is 2.32. The zero-order valence-corrected chi connectivity index (χ0v) is 19.3. The summed E-state index contributed by atoms with van der Waals surface area (Å²) in [5, 5.41) is 13.9. The van der Waals surface area contributed by atoms with Crippen LogP contribution < -0.4 is 5.32 Å². The summed E-state index contributed by atoms with van der Waals surface area (Å²) in [5.41, 5.74) is 2.83. The molecule has 0 saturated carbocycles. The summed E-state index contributed by atoms with van der Waals surface area (Å²) >= 11 is 13.2. The van der Waals surface area contributed by atoms with Crippen LogP contribution >= 0.6 is 35.0 Å². The molecule has 0 spiro atoms. The summed E-state index contributed by atoms with van der Waals surface area (Å²) in [5.74, 6) is 0.770. The maximum Gasteiger partial charge on any atom is 0.236 e. The zero-order chi connectivity index (χ0) is 22.8. The molecule has 5 rings (SSSR count). The van der Waals surface area contributed by atoms with E-state index in [9.17, 15) is 4.79 Å². The molecule has 5 aromatic rings. The van der Waals surface area contributed by atoms with Crippen LogP contribution in [0.4, 0.5) is 5.82 Å². The first-order valence-electron chi connectivity index (χ1n) is 9.91. The number of carbonyl (C=O) groups is 1. The number of rotatable bonds is 6. The van der Waals surface area contributed by atoms with Crippen molar-refractivity contribution in [3.63, 3.8) is 0 Å². The molecule has 0 aliphatic carbocycles. The van der Waals surface area contributed by atoms with Crippen molar-refractivity contribution in [2.45, 2.75) is 5.16 Å². The molecule has 0 aliphatic heterocycles. The van der Waals surface area contributed by atoms with Gasteiger partial charge < -0.3 is 10.3 Å². The van der Waals surface area contributed by atoms with Crippen LogP contribution in [0.25, 0.3) is 28.0 Å². The van der Waals surface area contributed by atoms with E-state index in [2.05, 4.69) is 25.5 Å². The Kier molecular flexibility index (Phi) is 6.04. The van der Waals surface area contributed by atoms with Crippen molar-refractivity contribution in [1.82, 2.24) is 24.7 Å². The van der Waals surface area contributed by atoms with Crippen molar-refractivity contribution in [2.24, 2.45) is 0 Å². The first-order chi connectivity index (χ1) is 16.1. The van der Waals surface area contributed by atoms with E-state index in [4.69, 9.17) is 23.2 Å². The van der Waals surface area contributed by atoms with Gasteiger partial charge in [-0.1, -0.05) is 71.4 Å². The Morgan fingerprint density at radius 3 is 2.67 bits per heavy atom. The van der Waals surface area contributed by atoms with E-state index in [1.165, 1.54) is 24.0 Å². The minimum atomic E-state index is -0.270. The number of fused-ring (bicyclic) bond motifs is 1. The molecule has 0 radical (unpaired) electrons. The molecule has 0 fully saturated rings. The van der Waals surface area contributed by atoms with E-state index in [1.54, 1.807) is 0 Å². The minimum Gasteiger partial charge on any atom is -0.360 e. The third-order valence-electron chi connectivity index (χ3n) is 4.88. The maximum absolute atomic E-state index is 12.6. The number of pyridine rings is 1. The predicted octanol–water partition coefficient (Wildman–Crippen LogP) is 5.85. The summed E-state index contributed by atoms with van der Waals surface area (Å²) in [6, 6.07) is 19.3. The van der Waals surface area contributed by atoms with Gasteiger partial charge in [-0.25, -0.2) is 4.98 Å². The lowest BCUT2D eigenvalue weighted by Crippen LogP contribution is -2.15. The summed E-state index contributed by atoms with van der Waals surface area (Å²) < 4.78 is 1.95. The maximum atomic E-state index is 12.6. The summed E-state index contributed by atoms with van der Waals surface area (Å²) in [6.07, 6.45) is 3.35. The molecular weight excluding hydrogens is 479 g/mol. The largest absolute Gasteiger partial charge is 0.360 e. The van der Waals surface area contributed by atoms with Gasteiger partial charge in [-0.05, 0) is 24.3 Å². The number of carbonyl (C=O) groups excluding carboxylic acids is 1. The normalized spacial score (nSPS) is 11.1. The van der Waals surface area contributed by atoms with Gasteiger partial charge >= 0.3 is 0 Å². The molecule has 7 nitrogen and oxygen atoms in total. The standard InChI is InChI=1S/C23H16Cl2N6OS/c24-14-10-18(25)21(27-11-14)28-20(32)13-33-23-30-29-22(31(23)15-6-2-1-3-7-15)17-12-26-19-9-5-4-8-16(17)19/h1-12,26H,13H2,(H,27,28,32). The molecule has 33 heavy (non-hydrogen) atoms. The highest BCUT2D eigenvalue weighted by atomic mass is 35.5. The molecule has 0 bridgehead atoms. The molecule has 3 heterocycles. The first-order valence-corrected chi connectivity index (χ1v) is 11.7. The smallest absolute Gasteiger partial charge is 0.236 e. The van der Waals surface area contributed by atoms with Gasteiger partial charge in [0, 0.05) is 34.5 Å². The highest BCUT2D eigenvalue weighted by molar-refractivity contribution is 7.99. The van der Waals surface area contributed by atoms with E-state index in [1.807, 2.05) is 65.4 Å². The van der Waals surface area contributed by atoms with Crippen LogP contribution in [0, 0.1) is 0 Å². The molecule has 2 aromatic carbocycles. The first kappa shape index (κ1) is 21.5. The Morgan fingerprint density at radius 1 is 1.06 bits per heavy atom. The third kappa shape index (κ3) is 4.45. The monoisotopic (exact) mass is 494 g/mol. The number of hydrogen-bond donors (Lipinski definition) is 2. The average Bonchev–Trinajstić information content (AvgIpc) is 3.44. The second-order valence-electron chi connectivity index (χ2n) is 7.05. The molecule has 2 N–H and O–H groups in total. The average molecular weight is 495 g/mol. The fraction of sp³-hybridized carbons (Fsp3) is 0.0435. The summed E-state index contributed by atoms with van der Waals surface area (Å²) in [6.45, 7) is 0. The molecule has 0 atom stereocenters. The van der Waals surface area contributed by atoms with Crippen LogP contribution in [-0.4, -0.2) is 36.4 Å². The Bertz CT molecular complexity index is 1450. The molecule has 164 valence electrons. The van der Waals surface area contributed by atoms with Crippen molar-refractivity contribution < 1.29 is 4.79 Å². The van der Waals surface area contributed by atoms with E-state index in [-0.39, 0.29) is 22.5 Å². The number of thioether (sulfide) groups is 1. The van der Waals surface area contributed by atoms with E-state index >= 15 is 0 Å². The number of para-hydroxylation sites is 2. The molecule has 0 unspecified atom stereocenters. The van der Waals surface area contributed by atoms with Crippen LogP contribution in [0.5, 0.6) is 0 Å². The number of benzene rings is 2. The third-order valence-corrected chi connectivity index (χ3v) is 6.30. The van der Waals surface area contributed by atoms with Gasteiger partial charge in [-0.2, -0.15) is 0 Å². The van der Waals surface area contributed by atoms with Gasteiger partial charge in [0.05, 0.1) is 15.8 Å². The molecular formula is C23H16Cl2N6OS. The quantitative estimate of drug-likeness (QED) is 0.289. The number of aromatic amines is 1. The molecule has 3 aromatic heterocycles. The van der Waals surface area contributed by atoms with E-state index in [0.717, 1.165) is 22.2 Å². The molecule has 10 heteroatoms. The van der Waals surface area contributed by atoms with Gasteiger partial charge in [0.25, 0.3) is 0 Å². The lowest BCUT2D eigenvalue weighted by molar-refractivity contribution is -0.113. The van der Waals surface area contributed by atoms with Crippen molar-refractivity contribution in [2.75, 3.05) is 11.1 Å². The lowest BCUT2D eigenvalue weighted by atomic mass is 10.1. The second-order valence-corrected chi connectivity index (χ2v) is 8.83. The number of anilines is 1. The highest BCUT2D eigenvalue weighted by Gasteiger charge is 2.20. The number of nitrogens with one attached hydrogen (secondary N) is 2. The van der Waals surface area contributed by atoms with Crippen LogP contribution in [0.2, 0.25) is 10.0 Å². The van der Waals surface area contributed by atoms with Crippen molar-refractivity contribution in [3.8, 4) is 17.1 Å². The van der Waals surface area contributed by atoms with Gasteiger partial charge in [-0.3, -0.25) is 9.36 Å². The lowest BCUT2D eigenvalue weighted by Gasteiger charge is -2.10. The van der Waals surface area contributed by atoms with Crippen LogP contribution in [0.3, 0.4) is 0 Å².